The number of oxazole rings is 1. The highest BCUT2D eigenvalue weighted by molar-refractivity contribution is 7.99. The number of aromatic nitrogens is 1. The Morgan fingerprint density at radius 1 is 1.86 bits per heavy atom. The number of primary amides is 1. The van der Waals surface area contributed by atoms with E-state index in [9.17, 15) is 4.79 Å². The number of nitrogens with one attached hydrogen (secondary N) is 1. The van der Waals surface area contributed by atoms with E-state index in [1.165, 1.54) is 18.0 Å². The van der Waals surface area contributed by atoms with Gasteiger partial charge in [0.2, 0.25) is 5.91 Å². The maximum absolute atomic E-state index is 10.9. The molecule has 1 heterocycles. The van der Waals surface area contributed by atoms with Gasteiger partial charge in [0.15, 0.2) is 0 Å². The Bertz CT molecular complexity index is 276. The van der Waals surface area contributed by atoms with Gasteiger partial charge >= 0.3 is 0 Å². The average Bonchev–Trinajstić information content (AvgIpc) is 2.64. The van der Waals surface area contributed by atoms with E-state index < -0.39 is 0 Å². The van der Waals surface area contributed by atoms with Gasteiger partial charge in [0, 0.05) is 5.75 Å². The molecule has 3 N–H and O–H groups in total. The van der Waals surface area contributed by atoms with Gasteiger partial charge < -0.3 is 15.5 Å². The van der Waals surface area contributed by atoms with Gasteiger partial charge in [0.05, 0.1) is 12.2 Å². The molecule has 0 fully saturated rings. The summed E-state index contributed by atoms with van der Waals surface area (Å²) >= 11 is 1.36. The van der Waals surface area contributed by atoms with Gasteiger partial charge in [0.25, 0.3) is 5.22 Å². The van der Waals surface area contributed by atoms with E-state index in [0.29, 0.717) is 17.5 Å². The lowest BCUT2D eigenvalue weighted by atomic mass is 10.3. The summed E-state index contributed by atoms with van der Waals surface area (Å²) in [5.41, 5.74) is 5.20. The van der Waals surface area contributed by atoms with Crippen molar-refractivity contribution in [3.8, 4) is 0 Å². The molecule has 1 unspecified atom stereocenters. The number of likely N-dealkylation sites (N-methyl/N-ethyl adjacent to an activating group) is 1. The van der Waals surface area contributed by atoms with Crippen LogP contribution in [0.25, 0.3) is 0 Å². The molecule has 6 heteroatoms. The summed E-state index contributed by atoms with van der Waals surface area (Å²) in [5.74, 6) is 0.176. The van der Waals surface area contributed by atoms with Crippen LogP contribution in [0.15, 0.2) is 22.1 Å². The molecule has 0 bridgehead atoms. The largest absolute Gasteiger partial charge is 0.440 e. The van der Waals surface area contributed by atoms with Gasteiger partial charge in [-0.05, 0) is 6.54 Å². The first-order chi connectivity index (χ1) is 6.74. The topological polar surface area (TPSA) is 81.2 Å². The molecule has 1 rings (SSSR count). The minimum Gasteiger partial charge on any atom is -0.440 e. The highest BCUT2D eigenvalue weighted by atomic mass is 32.2. The van der Waals surface area contributed by atoms with Crippen LogP contribution in [-0.4, -0.2) is 29.2 Å². The van der Waals surface area contributed by atoms with E-state index in [4.69, 9.17) is 10.2 Å². The molecule has 1 aromatic rings. The van der Waals surface area contributed by atoms with Gasteiger partial charge in [-0.25, -0.2) is 4.98 Å². The maximum atomic E-state index is 10.9. The third-order valence-corrected chi connectivity index (χ3v) is 2.53. The second kappa shape index (κ2) is 5.66. The first-order valence-electron chi connectivity index (χ1n) is 4.29. The fourth-order valence-corrected chi connectivity index (χ4v) is 1.77. The molecule has 14 heavy (non-hydrogen) atoms. The van der Waals surface area contributed by atoms with Crippen molar-refractivity contribution >= 4 is 17.7 Å². The quantitative estimate of drug-likeness (QED) is 0.664. The lowest BCUT2D eigenvalue weighted by molar-refractivity contribution is -0.119. The van der Waals surface area contributed by atoms with Crippen molar-refractivity contribution in [2.24, 2.45) is 5.73 Å². The highest BCUT2D eigenvalue weighted by Crippen LogP contribution is 2.15. The molecule has 1 amide bonds. The summed E-state index contributed by atoms with van der Waals surface area (Å²) < 4.78 is 5.01. The molecule has 0 radical (unpaired) electrons. The van der Waals surface area contributed by atoms with Crippen LogP contribution in [0.2, 0.25) is 0 Å². The van der Waals surface area contributed by atoms with Crippen LogP contribution in [0, 0.1) is 0 Å². The maximum Gasteiger partial charge on any atom is 0.255 e. The minimum absolute atomic E-state index is 0.336. The van der Waals surface area contributed by atoms with Gasteiger partial charge in [0.1, 0.15) is 6.26 Å². The molecule has 1 atom stereocenters. The number of amides is 1. The van der Waals surface area contributed by atoms with E-state index in [1.807, 2.05) is 6.92 Å². The molecule has 0 aliphatic heterocycles. The standard InChI is InChI=1S/C8H13N3O2S/c1-2-10-6(7(9)12)5-14-8-11-3-4-13-8/h3-4,6,10H,2,5H2,1H3,(H2,9,12). The van der Waals surface area contributed by atoms with E-state index in [1.54, 1.807) is 6.20 Å². The van der Waals surface area contributed by atoms with Crippen LogP contribution in [0.5, 0.6) is 0 Å². The summed E-state index contributed by atoms with van der Waals surface area (Å²) in [4.78, 5) is 14.9. The van der Waals surface area contributed by atoms with Gasteiger partial charge in [-0.1, -0.05) is 18.7 Å². The molecule has 78 valence electrons. The predicted octanol–water partition coefficient (Wildman–Crippen LogP) is 0.230. The molecule has 1 aromatic heterocycles. The van der Waals surface area contributed by atoms with Crippen LogP contribution in [0.4, 0.5) is 0 Å². The molecule has 0 spiro atoms. The lowest BCUT2D eigenvalue weighted by Gasteiger charge is -2.11. The van der Waals surface area contributed by atoms with E-state index in [2.05, 4.69) is 10.3 Å². The summed E-state index contributed by atoms with van der Waals surface area (Å²) in [5, 5.41) is 3.53. The predicted molar refractivity (Wildman–Crippen MR) is 53.9 cm³/mol. The summed E-state index contributed by atoms with van der Waals surface area (Å²) in [7, 11) is 0. The Labute approximate surface area is 86.4 Å². The van der Waals surface area contributed by atoms with Crippen molar-refractivity contribution in [2.75, 3.05) is 12.3 Å². The fraction of sp³-hybridized carbons (Fsp3) is 0.500. The van der Waals surface area contributed by atoms with Crippen molar-refractivity contribution in [1.29, 1.82) is 0 Å². The Kier molecular flexibility index (Phi) is 4.48. The average molecular weight is 215 g/mol. The fourth-order valence-electron chi connectivity index (χ4n) is 0.924. The second-order valence-corrected chi connectivity index (χ2v) is 3.59. The smallest absolute Gasteiger partial charge is 0.255 e. The molecule has 0 saturated heterocycles. The van der Waals surface area contributed by atoms with Gasteiger partial charge in [-0.3, -0.25) is 4.79 Å². The number of carbonyl (C=O) groups excluding carboxylic acids is 1. The number of nitrogens with zero attached hydrogens (tertiary/aromatic N) is 1. The molecular formula is C8H13N3O2S. The SMILES string of the molecule is CCNC(CSc1ncco1)C(N)=O. The first kappa shape index (κ1) is 11.1. The highest BCUT2D eigenvalue weighted by Gasteiger charge is 2.14. The number of carbonyl (C=O) groups is 1. The number of hydrogen-bond donors (Lipinski definition) is 2. The Balaban J connectivity index is 2.37. The monoisotopic (exact) mass is 215 g/mol. The van der Waals surface area contributed by atoms with Gasteiger partial charge in [-0.2, -0.15) is 0 Å². The van der Waals surface area contributed by atoms with E-state index in [0.717, 1.165) is 0 Å². The van der Waals surface area contributed by atoms with Crippen molar-refractivity contribution in [1.82, 2.24) is 10.3 Å². The third-order valence-electron chi connectivity index (χ3n) is 1.58. The molecule has 5 nitrogen and oxygen atoms in total. The van der Waals surface area contributed by atoms with Crippen molar-refractivity contribution in [2.45, 2.75) is 18.2 Å². The third kappa shape index (κ3) is 3.39. The Morgan fingerprint density at radius 3 is 3.14 bits per heavy atom. The van der Waals surface area contributed by atoms with Crippen LogP contribution in [-0.2, 0) is 4.79 Å². The zero-order valence-electron chi connectivity index (χ0n) is 7.90. The van der Waals surface area contributed by atoms with Crippen LogP contribution < -0.4 is 11.1 Å². The van der Waals surface area contributed by atoms with E-state index >= 15 is 0 Å². The normalized spacial score (nSPS) is 12.6. The zero-order chi connectivity index (χ0) is 10.4. The lowest BCUT2D eigenvalue weighted by Crippen LogP contribution is -2.42. The minimum atomic E-state index is -0.356. The molecule has 0 saturated carbocycles. The molecule has 0 aromatic carbocycles. The number of thioether (sulfide) groups is 1. The van der Waals surface area contributed by atoms with Gasteiger partial charge in [-0.15, -0.1) is 0 Å². The molecular weight excluding hydrogens is 202 g/mol. The number of hydrogen-bond acceptors (Lipinski definition) is 5. The second-order valence-electron chi connectivity index (χ2n) is 2.62. The van der Waals surface area contributed by atoms with Crippen molar-refractivity contribution in [3.63, 3.8) is 0 Å². The summed E-state index contributed by atoms with van der Waals surface area (Å²) in [6.07, 6.45) is 3.06. The Morgan fingerprint density at radius 2 is 2.64 bits per heavy atom. The van der Waals surface area contributed by atoms with Crippen LogP contribution >= 0.6 is 11.8 Å². The zero-order valence-corrected chi connectivity index (χ0v) is 8.71. The van der Waals surface area contributed by atoms with Crippen LogP contribution in [0.3, 0.4) is 0 Å². The number of nitrogens with two attached hydrogens (primary N) is 1. The van der Waals surface area contributed by atoms with E-state index in [-0.39, 0.29) is 11.9 Å². The first-order valence-corrected chi connectivity index (χ1v) is 5.27. The Hall–Kier alpha value is -1.01. The molecule has 0 aliphatic rings. The summed E-state index contributed by atoms with van der Waals surface area (Å²) in [6, 6.07) is -0.336. The van der Waals surface area contributed by atoms with Crippen LogP contribution in [0.1, 0.15) is 6.92 Å². The van der Waals surface area contributed by atoms with Crippen molar-refractivity contribution < 1.29 is 9.21 Å². The summed E-state index contributed by atoms with van der Waals surface area (Å²) in [6.45, 7) is 2.63. The number of rotatable bonds is 6. The van der Waals surface area contributed by atoms with Crippen molar-refractivity contribution in [3.05, 3.63) is 12.5 Å². The molecule has 0 aliphatic carbocycles.